The summed E-state index contributed by atoms with van der Waals surface area (Å²) < 4.78 is 5.41. The molecular formula is C14H18N4O. The third-order valence-electron chi connectivity index (χ3n) is 3.71. The van der Waals surface area contributed by atoms with Crippen molar-refractivity contribution in [2.75, 3.05) is 30.9 Å². The molecular weight excluding hydrogens is 240 g/mol. The second kappa shape index (κ2) is 5.01. The van der Waals surface area contributed by atoms with Crippen LogP contribution in [0.15, 0.2) is 24.5 Å². The summed E-state index contributed by atoms with van der Waals surface area (Å²) in [5.41, 5.74) is 7.42. The fourth-order valence-electron chi connectivity index (χ4n) is 2.59. The Morgan fingerprint density at radius 1 is 1.26 bits per heavy atom. The quantitative estimate of drug-likeness (QED) is 0.832. The Kier molecular flexibility index (Phi) is 3.21. The fourth-order valence-corrected chi connectivity index (χ4v) is 2.59. The van der Waals surface area contributed by atoms with Crippen molar-refractivity contribution in [1.82, 2.24) is 9.97 Å². The Balaban J connectivity index is 1.99. The molecule has 0 saturated carbocycles. The number of benzene rings is 1. The zero-order valence-corrected chi connectivity index (χ0v) is 11.0. The van der Waals surface area contributed by atoms with Crippen molar-refractivity contribution in [2.24, 2.45) is 0 Å². The first kappa shape index (κ1) is 12.2. The molecule has 2 heterocycles. The lowest BCUT2D eigenvalue weighted by Crippen LogP contribution is -2.37. The van der Waals surface area contributed by atoms with Crippen LogP contribution < -0.4 is 10.6 Å². The standard InChI is InChI=1S/C14H18N4O/c1-18(11-4-6-19-7-5-11)14-12-3-2-10(15)8-13(12)16-9-17-14/h2-3,8-9,11H,4-7,15H2,1H3. The van der Waals surface area contributed by atoms with Gasteiger partial charge >= 0.3 is 0 Å². The van der Waals surface area contributed by atoms with E-state index in [0.29, 0.717) is 6.04 Å². The van der Waals surface area contributed by atoms with E-state index in [2.05, 4.69) is 21.9 Å². The van der Waals surface area contributed by atoms with Crippen molar-refractivity contribution >= 4 is 22.4 Å². The molecule has 0 atom stereocenters. The molecule has 2 N–H and O–H groups in total. The van der Waals surface area contributed by atoms with Crippen LogP contribution in [0.3, 0.4) is 0 Å². The van der Waals surface area contributed by atoms with Gasteiger partial charge in [0.25, 0.3) is 0 Å². The van der Waals surface area contributed by atoms with Crippen LogP contribution >= 0.6 is 0 Å². The Morgan fingerprint density at radius 3 is 2.84 bits per heavy atom. The number of anilines is 2. The SMILES string of the molecule is CN(c1ncnc2cc(N)ccc12)C1CCOCC1. The molecule has 0 aliphatic carbocycles. The minimum absolute atomic E-state index is 0.476. The molecule has 1 aromatic heterocycles. The normalized spacial score (nSPS) is 16.7. The third-order valence-corrected chi connectivity index (χ3v) is 3.71. The fraction of sp³-hybridized carbons (Fsp3) is 0.429. The summed E-state index contributed by atoms with van der Waals surface area (Å²) in [5, 5.41) is 1.05. The molecule has 2 aromatic rings. The highest BCUT2D eigenvalue weighted by atomic mass is 16.5. The maximum absolute atomic E-state index is 5.80. The summed E-state index contributed by atoms with van der Waals surface area (Å²) in [5.74, 6) is 0.969. The van der Waals surface area contributed by atoms with Crippen molar-refractivity contribution in [1.29, 1.82) is 0 Å². The van der Waals surface area contributed by atoms with E-state index in [-0.39, 0.29) is 0 Å². The third kappa shape index (κ3) is 2.33. The van der Waals surface area contributed by atoms with E-state index in [0.717, 1.165) is 48.5 Å². The number of hydrogen-bond donors (Lipinski definition) is 1. The molecule has 0 unspecified atom stereocenters. The molecule has 3 rings (SSSR count). The van der Waals surface area contributed by atoms with Crippen LogP contribution in [0.25, 0.3) is 10.9 Å². The summed E-state index contributed by atoms with van der Waals surface area (Å²) >= 11 is 0. The maximum atomic E-state index is 5.80. The van der Waals surface area contributed by atoms with Gasteiger partial charge in [0.2, 0.25) is 0 Å². The van der Waals surface area contributed by atoms with E-state index in [4.69, 9.17) is 10.5 Å². The molecule has 0 bridgehead atoms. The van der Waals surface area contributed by atoms with Crippen molar-refractivity contribution in [2.45, 2.75) is 18.9 Å². The second-order valence-corrected chi connectivity index (χ2v) is 4.93. The lowest BCUT2D eigenvalue weighted by atomic mass is 10.1. The lowest BCUT2D eigenvalue weighted by molar-refractivity contribution is 0.0854. The van der Waals surface area contributed by atoms with Crippen molar-refractivity contribution < 1.29 is 4.74 Å². The molecule has 1 saturated heterocycles. The van der Waals surface area contributed by atoms with Crippen molar-refractivity contribution in [3.63, 3.8) is 0 Å². The van der Waals surface area contributed by atoms with Crippen LogP contribution in [0.2, 0.25) is 0 Å². The van der Waals surface area contributed by atoms with E-state index >= 15 is 0 Å². The number of nitrogen functional groups attached to an aromatic ring is 1. The first-order chi connectivity index (χ1) is 9.25. The van der Waals surface area contributed by atoms with Crippen LogP contribution in [0, 0.1) is 0 Å². The monoisotopic (exact) mass is 258 g/mol. The molecule has 100 valence electrons. The van der Waals surface area contributed by atoms with Gasteiger partial charge in [-0.2, -0.15) is 0 Å². The maximum Gasteiger partial charge on any atom is 0.139 e. The summed E-state index contributed by atoms with van der Waals surface area (Å²) in [4.78, 5) is 11.0. The summed E-state index contributed by atoms with van der Waals surface area (Å²) in [6, 6.07) is 6.26. The lowest BCUT2D eigenvalue weighted by Gasteiger charge is -2.32. The van der Waals surface area contributed by atoms with Crippen LogP contribution in [0.1, 0.15) is 12.8 Å². The van der Waals surface area contributed by atoms with Crippen LogP contribution in [-0.2, 0) is 4.74 Å². The van der Waals surface area contributed by atoms with Gasteiger partial charge in [0.1, 0.15) is 12.1 Å². The number of nitrogens with zero attached hydrogens (tertiary/aromatic N) is 3. The Morgan fingerprint density at radius 2 is 2.05 bits per heavy atom. The van der Waals surface area contributed by atoms with Gasteiger partial charge in [0, 0.05) is 37.4 Å². The Labute approximate surface area is 112 Å². The molecule has 5 nitrogen and oxygen atoms in total. The van der Waals surface area contributed by atoms with E-state index in [9.17, 15) is 0 Å². The van der Waals surface area contributed by atoms with Gasteiger partial charge in [0.15, 0.2) is 0 Å². The highest BCUT2D eigenvalue weighted by Gasteiger charge is 2.21. The molecule has 1 fully saturated rings. The van der Waals surface area contributed by atoms with E-state index in [1.807, 2.05) is 18.2 Å². The predicted octanol–water partition coefficient (Wildman–Crippen LogP) is 1.83. The van der Waals surface area contributed by atoms with Gasteiger partial charge in [-0.15, -0.1) is 0 Å². The number of aromatic nitrogens is 2. The molecule has 0 spiro atoms. The zero-order valence-electron chi connectivity index (χ0n) is 11.0. The molecule has 0 radical (unpaired) electrons. The average Bonchev–Trinajstić information content (AvgIpc) is 2.46. The number of fused-ring (bicyclic) bond motifs is 1. The van der Waals surface area contributed by atoms with E-state index in [1.54, 1.807) is 6.33 Å². The minimum atomic E-state index is 0.476. The molecule has 1 aromatic carbocycles. The Bertz CT molecular complexity index is 581. The number of rotatable bonds is 2. The number of nitrogens with two attached hydrogens (primary N) is 1. The average molecular weight is 258 g/mol. The van der Waals surface area contributed by atoms with Crippen LogP contribution in [0.5, 0.6) is 0 Å². The van der Waals surface area contributed by atoms with Crippen molar-refractivity contribution in [3.8, 4) is 0 Å². The van der Waals surface area contributed by atoms with Gasteiger partial charge < -0.3 is 15.4 Å². The summed E-state index contributed by atoms with van der Waals surface area (Å²) in [6.45, 7) is 1.65. The molecule has 1 aliphatic heterocycles. The zero-order chi connectivity index (χ0) is 13.2. The van der Waals surface area contributed by atoms with Crippen molar-refractivity contribution in [3.05, 3.63) is 24.5 Å². The Hall–Kier alpha value is -1.88. The predicted molar refractivity (Wildman–Crippen MR) is 76.2 cm³/mol. The van der Waals surface area contributed by atoms with Gasteiger partial charge in [-0.25, -0.2) is 9.97 Å². The first-order valence-corrected chi connectivity index (χ1v) is 6.56. The van der Waals surface area contributed by atoms with E-state index < -0.39 is 0 Å². The van der Waals surface area contributed by atoms with E-state index in [1.165, 1.54) is 0 Å². The first-order valence-electron chi connectivity index (χ1n) is 6.56. The molecule has 19 heavy (non-hydrogen) atoms. The number of hydrogen-bond acceptors (Lipinski definition) is 5. The van der Waals surface area contributed by atoms with Gasteiger partial charge in [-0.1, -0.05) is 0 Å². The van der Waals surface area contributed by atoms with Gasteiger partial charge in [-0.3, -0.25) is 0 Å². The summed E-state index contributed by atoms with van der Waals surface area (Å²) in [7, 11) is 2.09. The van der Waals surface area contributed by atoms with Crippen LogP contribution in [-0.4, -0.2) is 36.3 Å². The van der Waals surface area contributed by atoms with Gasteiger partial charge in [0.05, 0.1) is 5.52 Å². The minimum Gasteiger partial charge on any atom is -0.399 e. The summed E-state index contributed by atoms with van der Waals surface area (Å²) in [6.07, 6.45) is 3.68. The highest BCUT2D eigenvalue weighted by Crippen LogP contribution is 2.27. The molecule has 0 amide bonds. The smallest absolute Gasteiger partial charge is 0.139 e. The number of ether oxygens (including phenoxy) is 1. The van der Waals surface area contributed by atoms with Gasteiger partial charge in [-0.05, 0) is 31.0 Å². The molecule has 1 aliphatic rings. The highest BCUT2D eigenvalue weighted by molar-refractivity contribution is 5.91. The topological polar surface area (TPSA) is 64.3 Å². The second-order valence-electron chi connectivity index (χ2n) is 4.93. The largest absolute Gasteiger partial charge is 0.399 e. The van der Waals surface area contributed by atoms with Crippen LogP contribution in [0.4, 0.5) is 11.5 Å². The molecule has 5 heteroatoms.